The van der Waals surface area contributed by atoms with E-state index in [0.717, 1.165) is 21.8 Å². The van der Waals surface area contributed by atoms with Crippen LogP contribution < -0.4 is 9.89 Å². The molecule has 84 valence electrons. The van der Waals surface area contributed by atoms with Crippen molar-refractivity contribution >= 4 is 33.3 Å². The van der Waals surface area contributed by atoms with Gasteiger partial charge in [0.2, 0.25) is 0 Å². The Morgan fingerprint density at radius 2 is 1.38 bits per heavy atom. The summed E-state index contributed by atoms with van der Waals surface area (Å²) in [5, 5.41) is 0. The van der Waals surface area contributed by atoms with Gasteiger partial charge in [-0.15, -0.1) is 4.43 Å². The minimum absolute atomic E-state index is 0.229. The van der Waals surface area contributed by atoms with Gasteiger partial charge in [0.15, 0.2) is 0 Å². The third kappa shape index (κ3) is 2.08. The second-order valence-electron chi connectivity index (χ2n) is 5.50. The monoisotopic (exact) mass is 232 g/mol. The van der Waals surface area contributed by atoms with Crippen LogP contribution in [-0.2, 0) is 9.31 Å². The molecule has 1 aromatic carbocycles. The molecule has 1 fully saturated rings. The van der Waals surface area contributed by atoms with E-state index in [-0.39, 0.29) is 18.3 Å². The lowest BCUT2D eigenvalue weighted by atomic mass is 9.79. The van der Waals surface area contributed by atoms with Crippen LogP contribution in [0.1, 0.15) is 27.7 Å². The van der Waals surface area contributed by atoms with E-state index < -0.39 is 0 Å². The molecule has 1 aliphatic heterocycles. The van der Waals surface area contributed by atoms with Gasteiger partial charge in [0, 0.05) is 0 Å². The Kier molecular flexibility index (Phi) is 2.97. The van der Waals surface area contributed by atoms with Crippen molar-refractivity contribution in [1.29, 1.82) is 0 Å². The molecule has 16 heavy (non-hydrogen) atoms. The first-order valence-corrected chi connectivity index (χ1v) is 6.74. The van der Waals surface area contributed by atoms with Crippen LogP contribution in [0.15, 0.2) is 24.3 Å². The van der Waals surface area contributed by atoms with Crippen LogP contribution in [0.5, 0.6) is 0 Å². The molecule has 1 aliphatic rings. The van der Waals surface area contributed by atoms with Crippen LogP contribution in [0.25, 0.3) is 0 Å². The fourth-order valence-corrected chi connectivity index (χ4v) is 2.04. The summed E-state index contributed by atoms with van der Waals surface area (Å²) >= 11 is 1.08. The van der Waals surface area contributed by atoms with Gasteiger partial charge >= 0.3 is 7.12 Å². The average Bonchev–Trinajstić information content (AvgIpc) is 2.37. The molecule has 1 saturated heterocycles. The normalized spacial score (nSPS) is 22.4. The second-order valence-corrected chi connectivity index (χ2v) is 6.65. The summed E-state index contributed by atoms with van der Waals surface area (Å²) in [5.74, 6) is 0. The van der Waals surface area contributed by atoms with E-state index >= 15 is 0 Å². The molecule has 2 nitrogen and oxygen atoms in total. The van der Waals surface area contributed by atoms with Gasteiger partial charge in [0.1, 0.15) is 0 Å². The highest BCUT2D eigenvalue weighted by atomic mass is 27.0. The zero-order valence-electron chi connectivity index (χ0n) is 10.7. The van der Waals surface area contributed by atoms with Crippen LogP contribution >= 0.6 is 0 Å². The van der Waals surface area contributed by atoms with Crippen molar-refractivity contribution in [3.05, 3.63) is 24.3 Å². The summed E-state index contributed by atoms with van der Waals surface area (Å²) in [6.45, 7) is 8.31. The Labute approximate surface area is 106 Å². The van der Waals surface area contributed by atoms with Crippen LogP contribution in [-0.4, -0.2) is 34.6 Å². The molecule has 1 aromatic rings. The zero-order chi connectivity index (χ0) is 12.0. The number of hydrogen-bond donors (Lipinski definition) is 0. The minimum atomic E-state index is -0.253. The Hall–Kier alpha value is -0.263. The van der Waals surface area contributed by atoms with Gasteiger partial charge in [-0.05, 0) is 33.2 Å². The third-order valence-electron chi connectivity index (χ3n) is 3.60. The van der Waals surface area contributed by atoms with Crippen molar-refractivity contribution in [2.75, 3.05) is 0 Å². The third-order valence-corrected chi connectivity index (χ3v) is 4.27. The summed E-state index contributed by atoms with van der Waals surface area (Å²) in [4.78, 5) is 0. The molecule has 0 bridgehead atoms. The van der Waals surface area contributed by atoms with E-state index in [2.05, 4.69) is 52.0 Å². The standard InChI is InChI=1S/C12H16BO2.Al.2H/c1-11(2)12(3,4)15-13(14-11)10-8-6-5-7-9-10;;;/h6-9H,1-4H3;;;. The highest BCUT2D eigenvalue weighted by Gasteiger charge is 2.51. The molecule has 0 amide bonds. The summed E-state index contributed by atoms with van der Waals surface area (Å²) in [6, 6.07) is 8.49. The van der Waals surface area contributed by atoms with Crippen LogP contribution in [0.4, 0.5) is 0 Å². The van der Waals surface area contributed by atoms with Crippen LogP contribution in [0, 0.1) is 0 Å². The van der Waals surface area contributed by atoms with Crippen LogP contribution in [0.3, 0.4) is 0 Å². The zero-order valence-corrected chi connectivity index (χ0v) is 12.7. The van der Waals surface area contributed by atoms with Gasteiger partial charge in [-0.1, -0.05) is 24.3 Å². The molecule has 0 atom stereocenters. The summed E-state index contributed by atoms with van der Waals surface area (Å²) < 4.78 is 13.3. The van der Waals surface area contributed by atoms with Gasteiger partial charge in [0.25, 0.3) is 16.3 Å². The van der Waals surface area contributed by atoms with E-state index in [9.17, 15) is 0 Å². The predicted molar refractivity (Wildman–Crippen MR) is 70.3 cm³/mol. The van der Waals surface area contributed by atoms with E-state index in [4.69, 9.17) is 9.31 Å². The molecular formula is C12H18AlBO2. The van der Waals surface area contributed by atoms with E-state index in [1.807, 2.05) is 0 Å². The van der Waals surface area contributed by atoms with Crippen molar-refractivity contribution in [2.45, 2.75) is 38.9 Å². The van der Waals surface area contributed by atoms with Gasteiger partial charge < -0.3 is 9.31 Å². The fraction of sp³-hybridized carbons (Fsp3) is 0.500. The Bertz CT molecular complexity index is 371. The minimum Gasteiger partial charge on any atom is -0.399 e. The van der Waals surface area contributed by atoms with Crippen molar-refractivity contribution < 1.29 is 9.31 Å². The van der Waals surface area contributed by atoms with Gasteiger partial charge in [0.05, 0.1) is 11.2 Å². The molecule has 2 rings (SSSR count). The molecule has 4 heteroatoms. The molecule has 0 unspecified atom stereocenters. The van der Waals surface area contributed by atoms with E-state index in [1.54, 1.807) is 0 Å². The molecule has 0 saturated carbocycles. The molecule has 0 spiro atoms. The first-order valence-electron chi connectivity index (χ1n) is 5.74. The summed E-state index contributed by atoms with van der Waals surface area (Å²) in [7, 11) is -0.229. The highest BCUT2D eigenvalue weighted by Crippen LogP contribution is 2.36. The highest BCUT2D eigenvalue weighted by molar-refractivity contribution is 6.62. The average molecular weight is 232 g/mol. The first kappa shape index (κ1) is 12.2. The number of benzene rings is 1. The van der Waals surface area contributed by atoms with Crippen molar-refractivity contribution in [2.24, 2.45) is 0 Å². The van der Waals surface area contributed by atoms with Gasteiger partial charge in [-0.3, -0.25) is 0 Å². The lowest BCUT2D eigenvalue weighted by molar-refractivity contribution is 0.00578. The van der Waals surface area contributed by atoms with Crippen molar-refractivity contribution in [3.8, 4) is 0 Å². The maximum Gasteiger partial charge on any atom is 0.494 e. The quantitative estimate of drug-likeness (QED) is 0.646. The molecule has 0 radical (unpaired) electrons. The largest absolute Gasteiger partial charge is 0.494 e. The molecular weight excluding hydrogens is 214 g/mol. The second kappa shape index (κ2) is 3.89. The Balaban J connectivity index is 2.23. The molecule has 0 aliphatic carbocycles. The molecule has 0 N–H and O–H groups in total. The number of hydrogen-bond acceptors (Lipinski definition) is 2. The molecule has 0 aromatic heterocycles. The topological polar surface area (TPSA) is 18.5 Å². The van der Waals surface area contributed by atoms with E-state index in [1.165, 1.54) is 4.43 Å². The van der Waals surface area contributed by atoms with Gasteiger partial charge in [-0.25, -0.2) is 0 Å². The first-order chi connectivity index (χ1) is 7.32. The maximum absolute atomic E-state index is 5.98. The predicted octanol–water partition coefficient (Wildman–Crippen LogP) is 0.244. The SMILES string of the molecule is CC1(C)OB(c2cc[c]([AlH2])cc2)OC1(C)C. The Morgan fingerprint density at radius 1 is 0.938 bits per heavy atom. The fourth-order valence-electron chi connectivity index (χ4n) is 1.70. The van der Waals surface area contributed by atoms with Crippen molar-refractivity contribution in [1.82, 2.24) is 0 Å². The number of rotatable bonds is 1. The lowest BCUT2D eigenvalue weighted by Gasteiger charge is -2.32. The molecule has 1 heterocycles. The van der Waals surface area contributed by atoms with Gasteiger partial charge in [-0.2, -0.15) is 0 Å². The maximum atomic E-state index is 5.98. The lowest BCUT2D eigenvalue weighted by Crippen LogP contribution is -2.41. The summed E-state index contributed by atoms with van der Waals surface area (Å²) in [5.41, 5.74) is 0.604. The summed E-state index contributed by atoms with van der Waals surface area (Å²) in [6.07, 6.45) is 0. The van der Waals surface area contributed by atoms with Crippen molar-refractivity contribution in [3.63, 3.8) is 0 Å². The van der Waals surface area contributed by atoms with Crippen LogP contribution in [0.2, 0.25) is 0 Å². The smallest absolute Gasteiger partial charge is 0.399 e. The Morgan fingerprint density at radius 3 is 1.81 bits per heavy atom. The van der Waals surface area contributed by atoms with E-state index in [0.29, 0.717) is 0 Å².